The molecule has 0 atom stereocenters. The predicted molar refractivity (Wildman–Crippen MR) is 101 cm³/mol. The van der Waals surface area contributed by atoms with Gasteiger partial charge in [0, 0.05) is 36.6 Å². The molecule has 0 saturated carbocycles. The van der Waals surface area contributed by atoms with Crippen LogP contribution in [0.15, 0.2) is 42.7 Å². The van der Waals surface area contributed by atoms with E-state index < -0.39 is 0 Å². The van der Waals surface area contributed by atoms with Crippen LogP contribution in [-0.4, -0.2) is 41.4 Å². The van der Waals surface area contributed by atoms with Gasteiger partial charge in [-0.2, -0.15) is 0 Å². The molecule has 7 nitrogen and oxygen atoms in total. The Morgan fingerprint density at radius 1 is 1.27 bits per heavy atom. The molecule has 0 bridgehead atoms. The van der Waals surface area contributed by atoms with Gasteiger partial charge in [-0.1, -0.05) is 11.6 Å². The Morgan fingerprint density at radius 3 is 2.96 bits per heavy atom. The first-order chi connectivity index (χ1) is 12.6. The number of piperazine rings is 1. The number of amides is 2. The summed E-state index contributed by atoms with van der Waals surface area (Å²) in [6.45, 7) is 1.55. The maximum Gasteiger partial charge on any atom is 0.257 e. The van der Waals surface area contributed by atoms with Crippen LogP contribution in [-0.2, 0) is 4.79 Å². The lowest BCUT2D eigenvalue weighted by molar-refractivity contribution is -0.120. The SMILES string of the molecule is O=C1CN(c2ccc(NC(=O)c3cnc4[nH]ccc4c3)cc2Cl)CCN1. The Morgan fingerprint density at radius 2 is 2.15 bits per heavy atom. The van der Waals surface area contributed by atoms with E-state index in [1.807, 2.05) is 17.0 Å². The number of fused-ring (bicyclic) bond motifs is 1. The van der Waals surface area contributed by atoms with Crippen molar-refractivity contribution in [2.75, 3.05) is 29.9 Å². The molecule has 1 aliphatic rings. The monoisotopic (exact) mass is 369 g/mol. The van der Waals surface area contributed by atoms with Gasteiger partial charge in [0.25, 0.3) is 5.91 Å². The van der Waals surface area contributed by atoms with Crippen LogP contribution in [0.4, 0.5) is 11.4 Å². The first-order valence-electron chi connectivity index (χ1n) is 8.16. The van der Waals surface area contributed by atoms with Crippen molar-refractivity contribution in [2.45, 2.75) is 0 Å². The molecular weight excluding hydrogens is 354 g/mol. The number of rotatable bonds is 3. The van der Waals surface area contributed by atoms with Crippen LogP contribution in [0, 0.1) is 0 Å². The number of halogens is 1. The van der Waals surface area contributed by atoms with E-state index in [1.54, 1.807) is 24.4 Å². The average Bonchev–Trinajstić information content (AvgIpc) is 3.09. The quantitative estimate of drug-likeness (QED) is 0.661. The van der Waals surface area contributed by atoms with Crippen molar-refractivity contribution >= 4 is 45.8 Å². The van der Waals surface area contributed by atoms with Crippen molar-refractivity contribution in [3.05, 3.63) is 53.3 Å². The average molecular weight is 370 g/mol. The van der Waals surface area contributed by atoms with Crippen LogP contribution in [0.3, 0.4) is 0 Å². The zero-order valence-corrected chi connectivity index (χ0v) is 14.5. The van der Waals surface area contributed by atoms with Crippen molar-refractivity contribution in [1.29, 1.82) is 0 Å². The summed E-state index contributed by atoms with van der Waals surface area (Å²) in [5, 5.41) is 6.96. The van der Waals surface area contributed by atoms with Gasteiger partial charge in [0.15, 0.2) is 0 Å². The Kier molecular flexibility index (Phi) is 4.22. The highest BCUT2D eigenvalue weighted by molar-refractivity contribution is 6.33. The molecule has 2 amide bonds. The van der Waals surface area contributed by atoms with Gasteiger partial charge in [-0.15, -0.1) is 0 Å². The standard InChI is InChI=1S/C18H16ClN5O2/c19-14-8-13(1-2-15(14)24-6-5-20-16(25)10-24)23-18(26)12-7-11-3-4-21-17(11)22-9-12/h1-4,7-9H,5-6,10H2,(H,20,25)(H,21,22)(H,23,26). The second-order valence-electron chi connectivity index (χ2n) is 6.03. The smallest absolute Gasteiger partial charge is 0.257 e. The summed E-state index contributed by atoms with van der Waals surface area (Å²) in [4.78, 5) is 33.1. The minimum absolute atomic E-state index is 0.0302. The van der Waals surface area contributed by atoms with E-state index in [-0.39, 0.29) is 18.4 Å². The summed E-state index contributed by atoms with van der Waals surface area (Å²) in [5.41, 5.74) is 2.55. The van der Waals surface area contributed by atoms with Gasteiger partial charge < -0.3 is 20.5 Å². The fourth-order valence-electron chi connectivity index (χ4n) is 2.95. The molecule has 0 aliphatic carbocycles. The first-order valence-corrected chi connectivity index (χ1v) is 8.53. The maximum atomic E-state index is 12.5. The number of carbonyl (C=O) groups is 2. The molecule has 0 radical (unpaired) electrons. The molecule has 3 heterocycles. The van der Waals surface area contributed by atoms with Crippen molar-refractivity contribution in [3.63, 3.8) is 0 Å². The van der Waals surface area contributed by atoms with E-state index >= 15 is 0 Å². The second-order valence-corrected chi connectivity index (χ2v) is 6.44. The molecule has 4 rings (SSSR count). The highest BCUT2D eigenvalue weighted by Crippen LogP contribution is 2.29. The fraction of sp³-hybridized carbons (Fsp3) is 0.167. The Bertz CT molecular complexity index is 1000. The first kappa shape index (κ1) is 16.4. The molecule has 1 fully saturated rings. The van der Waals surface area contributed by atoms with Crippen molar-refractivity contribution < 1.29 is 9.59 Å². The summed E-state index contributed by atoms with van der Waals surface area (Å²) >= 11 is 6.36. The minimum Gasteiger partial charge on any atom is -0.359 e. The summed E-state index contributed by atoms with van der Waals surface area (Å²) in [5.74, 6) is -0.292. The van der Waals surface area contributed by atoms with Crippen LogP contribution in [0.25, 0.3) is 11.0 Å². The van der Waals surface area contributed by atoms with Crippen LogP contribution >= 0.6 is 11.6 Å². The van der Waals surface area contributed by atoms with Gasteiger partial charge >= 0.3 is 0 Å². The molecule has 132 valence electrons. The number of nitrogens with one attached hydrogen (secondary N) is 3. The number of hydrogen-bond acceptors (Lipinski definition) is 4. The molecule has 0 spiro atoms. The van der Waals surface area contributed by atoms with E-state index in [2.05, 4.69) is 20.6 Å². The highest BCUT2D eigenvalue weighted by atomic mass is 35.5. The molecule has 2 aromatic heterocycles. The molecule has 8 heteroatoms. The summed E-state index contributed by atoms with van der Waals surface area (Å²) < 4.78 is 0. The maximum absolute atomic E-state index is 12.5. The van der Waals surface area contributed by atoms with E-state index in [0.717, 1.165) is 16.7 Å². The van der Waals surface area contributed by atoms with Gasteiger partial charge in [-0.05, 0) is 30.3 Å². The zero-order chi connectivity index (χ0) is 18.1. The number of hydrogen-bond donors (Lipinski definition) is 3. The van der Waals surface area contributed by atoms with E-state index in [4.69, 9.17) is 11.6 Å². The van der Waals surface area contributed by atoms with E-state index in [9.17, 15) is 9.59 Å². The zero-order valence-electron chi connectivity index (χ0n) is 13.8. The van der Waals surface area contributed by atoms with Crippen LogP contribution in [0.2, 0.25) is 5.02 Å². The molecule has 1 aromatic carbocycles. The molecular formula is C18H16ClN5O2. The molecule has 3 aromatic rings. The lowest BCUT2D eigenvalue weighted by Crippen LogP contribution is -2.47. The number of anilines is 2. The van der Waals surface area contributed by atoms with Gasteiger partial charge in [0.2, 0.25) is 5.91 Å². The number of aromatic amines is 1. The third-order valence-corrected chi connectivity index (χ3v) is 4.55. The number of benzene rings is 1. The van der Waals surface area contributed by atoms with Gasteiger partial charge in [0.1, 0.15) is 5.65 Å². The third kappa shape index (κ3) is 3.21. The van der Waals surface area contributed by atoms with Crippen molar-refractivity contribution in [1.82, 2.24) is 15.3 Å². The lowest BCUT2D eigenvalue weighted by Gasteiger charge is -2.29. The molecule has 3 N–H and O–H groups in total. The molecule has 1 aliphatic heterocycles. The normalized spacial score (nSPS) is 14.3. The second kappa shape index (κ2) is 6.68. The van der Waals surface area contributed by atoms with Gasteiger partial charge in [0.05, 0.1) is 22.8 Å². The topological polar surface area (TPSA) is 90.1 Å². The Balaban J connectivity index is 1.51. The number of H-pyrrole nitrogens is 1. The number of nitrogens with zero attached hydrogens (tertiary/aromatic N) is 2. The minimum atomic E-state index is -0.262. The van der Waals surface area contributed by atoms with Gasteiger partial charge in [-0.25, -0.2) is 4.98 Å². The molecule has 0 unspecified atom stereocenters. The largest absolute Gasteiger partial charge is 0.359 e. The van der Waals surface area contributed by atoms with Crippen LogP contribution in [0.5, 0.6) is 0 Å². The van der Waals surface area contributed by atoms with Crippen molar-refractivity contribution in [3.8, 4) is 0 Å². The predicted octanol–water partition coefficient (Wildman–Crippen LogP) is 2.40. The Hall–Kier alpha value is -3.06. The summed E-state index contributed by atoms with van der Waals surface area (Å²) in [6, 6.07) is 8.90. The van der Waals surface area contributed by atoms with E-state index in [1.165, 1.54) is 6.20 Å². The van der Waals surface area contributed by atoms with Crippen molar-refractivity contribution in [2.24, 2.45) is 0 Å². The number of aromatic nitrogens is 2. The number of carbonyl (C=O) groups excluding carboxylic acids is 2. The summed E-state index contributed by atoms with van der Waals surface area (Å²) in [7, 11) is 0. The fourth-order valence-corrected chi connectivity index (χ4v) is 3.25. The van der Waals surface area contributed by atoms with E-state index in [0.29, 0.717) is 29.4 Å². The molecule has 26 heavy (non-hydrogen) atoms. The molecule has 1 saturated heterocycles. The number of pyridine rings is 1. The van der Waals surface area contributed by atoms with Crippen LogP contribution in [0.1, 0.15) is 10.4 Å². The van der Waals surface area contributed by atoms with Gasteiger partial charge in [-0.3, -0.25) is 9.59 Å². The van der Waals surface area contributed by atoms with Crippen LogP contribution < -0.4 is 15.5 Å². The highest BCUT2D eigenvalue weighted by Gasteiger charge is 2.19. The summed E-state index contributed by atoms with van der Waals surface area (Å²) in [6.07, 6.45) is 3.30. The lowest BCUT2D eigenvalue weighted by atomic mass is 10.2. The Labute approximate surface area is 154 Å². The third-order valence-electron chi connectivity index (χ3n) is 4.25.